The van der Waals surface area contributed by atoms with Crippen LogP contribution in [0.3, 0.4) is 0 Å². The molecule has 0 saturated heterocycles. The van der Waals surface area contributed by atoms with Gasteiger partial charge in [0.25, 0.3) is 0 Å². The minimum atomic E-state index is -4.33. The third-order valence-corrected chi connectivity index (χ3v) is 9.23. The summed E-state index contributed by atoms with van der Waals surface area (Å²) in [5.41, 5.74) is 5.47. The molecule has 0 unspecified atom stereocenters. The van der Waals surface area contributed by atoms with E-state index in [1.807, 2.05) is 36.4 Å². The molecule has 6 aromatic rings. The fourth-order valence-electron chi connectivity index (χ4n) is 4.54. The van der Waals surface area contributed by atoms with Gasteiger partial charge in [0.2, 0.25) is 0 Å². The highest BCUT2D eigenvalue weighted by Crippen LogP contribution is 2.41. The van der Waals surface area contributed by atoms with Crippen LogP contribution in [0.2, 0.25) is 0 Å². The number of alkyl halides is 3. The molecule has 0 amide bonds. The topological polar surface area (TPSA) is 9.23 Å². The Morgan fingerprint density at radius 2 is 0.750 bits per heavy atom. The summed E-state index contributed by atoms with van der Waals surface area (Å²) in [5, 5.41) is 0. The fraction of sp³-hybridized carbons (Fsp3) is 0.0588. The lowest BCUT2D eigenvalue weighted by molar-refractivity contribution is -0.137. The maximum Gasteiger partial charge on any atom is 0.416 e. The van der Waals surface area contributed by atoms with E-state index >= 15 is 0 Å². The number of benzene rings is 4. The Labute approximate surface area is 238 Å². The Morgan fingerprint density at radius 3 is 1.12 bits per heavy atom. The van der Waals surface area contributed by atoms with Crippen LogP contribution < -0.4 is 4.74 Å². The Kier molecular flexibility index (Phi) is 7.05. The summed E-state index contributed by atoms with van der Waals surface area (Å²) in [6.07, 6.45) is -4.33. The lowest BCUT2D eigenvalue weighted by Crippen LogP contribution is -2.03. The molecule has 6 rings (SSSR count). The van der Waals surface area contributed by atoms with E-state index in [0.717, 1.165) is 45.7 Å². The highest BCUT2D eigenvalue weighted by molar-refractivity contribution is 7.25. The first kappa shape index (κ1) is 26.1. The monoisotopic (exact) mass is 568 g/mol. The number of methoxy groups -OCH3 is 1. The zero-order chi connectivity index (χ0) is 27.7. The van der Waals surface area contributed by atoms with Gasteiger partial charge in [0.05, 0.1) is 12.7 Å². The molecule has 1 nitrogen and oxygen atoms in total. The van der Waals surface area contributed by atoms with E-state index in [4.69, 9.17) is 4.74 Å². The molecule has 0 N–H and O–H groups in total. The number of halogens is 3. The van der Waals surface area contributed by atoms with Crippen molar-refractivity contribution in [2.24, 2.45) is 0 Å². The maximum absolute atomic E-state index is 12.9. The van der Waals surface area contributed by atoms with Crippen molar-refractivity contribution in [1.29, 1.82) is 0 Å². The maximum atomic E-state index is 12.9. The zero-order valence-electron chi connectivity index (χ0n) is 21.4. The van der Waals surface area contributed by atoms with Gasteiger partial charge in [-0.05, 0) is 94.0 Å². The molecule has 198 valence electrons. The summed E-state index contributed by atoms with van der Waals surface area (Å²) < 4.78 is 43.8. The third-order valence-electron chi connectivity index (χ3n) is 6.76. The second-order valence-electron chi connectivity index (χ2n) is 9.29. The first-order valence-electron chi connectivity index (χ1n) is 12.6. The van der Waals surface area contributed by atoms with Crippen LogP contribution in [0, 0.1) is 0 Å². The van der Waals surface area contributed by atoms with Gasteiger partial charge in [-0.2, -0.15) is 13.2 Å². The Morgan fingerprint density at radius 1 is 0.425 bits per heavy atom. The van der Waals surface area contributed by atoms with E-state index in [0.29, 0.717) is 0 Å². The largest absolute Gasteiger partial charge is 0.497 e. The van der Waals surface area contributed by atoms with Gasteiger partial charge in [-0.3, -0.25) is 0 Å². The predicted molar refractivity (Wildman–Crippen MR) is 161 cm³/mol. The van der Waals surface area contributed by atoms with Crippen LogP contribution in [0.5, 0.6) is 5.75 Å². The van der Waals surface area contributed by atoms with Crippen LogP contribution in [0.25, 0.3) is 52.9 Å². The Balaban J connectivity index is 1.16. The second kappa shape index (κ2) is 10.8. The van der Waals surface area contributed by atoms with Gasteiger partial charge in [-0.25, -0.2) is 0 Å². The van der Waals surface area contributed by atoms with E-state index in [1.165, 1.54) is 37.2 Å². The quantitative estimate of drug-likeness (QED) is 0.194. The van der Waals surface area contributed by atoms with Gasteiger partial charge in [0.1, 0.15) is 5.75 Å². The molecule has 40 heavy (non-hydrogen) atoms. The molecule has 0 aliphatic carbocycles. The zero-order valence-corrected chi connectivity index (χ0v) is 23.0. The van der Waals surface area contributed by atoms with E-state index in [2.05, 4.69) is 60.7 Å². The molecular formula is C34H23F3OS2. The number of hydrogen-bond acceptors (Lipinski definition) is 3. The molecule has 0 bridgehead atoms. The molecule has 0 spiro atoms. The number of ether oxygens (including phenoxy) is 1. The lowest BCUT2D eigenvalue weighted by Gasteiger charge is -2.09. The molecule has 0 aliphatic heterocycles. The van der Waals surface area contributed by atoms with E-state index in [-0.39, 0.29) is 0 Å². The minimum Gasteiger partial charge on any atom is -0.497 e. The average Bonchev–Trinajstić information content (AvgIpc) is 3.68. The van der Waals surface area contributed by atoms with Crippen molar-refractivity contribution in [2.75, 3.05) is 7.11 Å². The first-order chi connectivity index (χ1) is 19.4. The van der Waals surface area contributed by atoms with Crippen LogP contribution in [0.15, 0.2) is 121 Å². The van der Waals surface area contributed by atoms with Crippen molar-refractivity contribution in [3.05, 3.63) is 127 Å². The highest BCUT2D eigenvalue weighted by Gasteiger charge is 2.29. The van der Waals surface area contributed by atoms with Gasteiger partial charge < -0.3 is 4.74 Å². The Hall–Kier alpha value is -4.13. The summed E-state index contributed by atoms with van der Waals surface area (Å²) in [6, 6.07) is 38.4. The van der Waals surface area contributed by atoms with Gasteiger partial charge in [0.15, 0.2) is 0 Å². The summed E-state index contributed by atoms with van der Waals surface area (Å²) in [6.45, 7) is 0. The first-order valence-corrected chi connectivity index (χ1v) is 14.2. The second-order valence-corrected chi connectivity index (χ2v) is 11.5. The molecule has 0 fully saturated rings. The van der Waals surface area contributed by atoms with Crippen LogP contribution in [0.1, 0.15) is 5.56 Å². The summed E-state index contributed by atoms with van der Waals surface area (Å²) in [5.74, 6) is 0.851. The summed E-state index contributed by atoms with van der Waals surface area (Å²) in [4.78, 5) is 4.91. The molecule has 0 atom stereocenters. The van der Waals surface area contributed by atoms with Crippen molar-refractivity contribution in [2.45, 2.75) is 6.18 Å². The molecule has 0 radical (unpaired) electrons. The number of hydrogen-bond donors (Lipinski definition) is 0. The molecule has 0 saturated carbocycles. The standard InChI is InChI=1S/C34H23F3OS2/c1-38-29-16-12-27(13-17-29)31-19-21-33(40-31)32-20-18-30(39-32)26-8-6-24(7-9-26)22-2-4-23(5-3-22)25-10-14-28(15-11-25)34(35,36)37/h2-21H,1H3. The number of thiophene rings is 2. The third kappa shape index (κ3) is 5.46. The predicted octanol–water partition coefficient (Wildman–Crippen LogP) is 11.2. The highest BCUT2D eigenvalue weighted by atomic mass is 32.1. The van der Waals surface area contributed by atoms with Crippen molar-refractivity contribution in [3.8, 4) is 58.6 Å². The van der Waals surface area contributed by atoms with Gasteiger partial charge >= 0.3 is 6.18 Å². The minimum absolute atomic E-state index is 0.639. The summed E-state index contributed by atoms with van der Waals surface area (Å²) >= 11 is 3.56. The van der Waals surface area contributed by atoms with Crippen molar-refractivity contribution in [3.63, 3.8) is 0 Å². The van der Waals surface area contributed by atoms with Crippen LogP contribution in [-0.4, -0.2) is 7.11 Å². The van der Waals surface area contributed by atoms with Crippen molar-refractivity contribution < 1.29 is 17.9 Å². The smallest absolute Gasteiger partial charge is 0.416 e. The van der Waals surface area contributed by atoms with E-state index < -0.39 is 11.7 Å². The lowest BCUT2D eigenvalue weighted by atomic mass is 9.99. The van der Waals surface area contributed by atoms with Gasteiger partial charge in [-0.15, -0.1) is 22.7 Å². The Bertz CT molecular complexity index is 1730. The SMILES string of the molecule is COc1ccc(-c2ccc(-c3ccc(-c4ccc(-c5ccc(-c6ccc(C(F)(F)F)cc6)cc5)cc4)s3)s2)cc1. The van der Waals surface area contributed by atoms with Crippen molar-refractivity contribution in [1.82, 2.24) is 0 Å². The van der Waals surface area contributed by atoms with E-state index in [9.17, 15) is 13.2 Å². The molecule has 2 aromatic heterocycles. The molecule has 0 aliphatic rings. The molecular weight excluding hydrogens is 546 g/mol. The molecule has 4 aromatic carbocycles. The normalized spacial score (nSPS) is 11.5. The molecule has 2 heterocycles. The fourth-order valence-corrected chi connectivity index (χ4v) is 6.65. The number of rotatable bonds is 6. The van der Waals surface area contributed by atoms with Crippen molar-refractivity contribution >= 4 is 22.7 Å². The molecule has 6 heteroatoms. The average molecular weight is 569 g/mol. The van der Waals surface area contributed by atoms with Gasteiger partial charge in [-0.1, -0.05) is 60.7 Å². The van der Waals surface area contributed by atoms with Crippen LogP contribution in [-0.2, 0) is 6.18 Å². The van der Waals surface area contributed by atoms with Crippen LogP contribution >= 0.6 is 22.7 Å². The summed E-state index contributed by atoms with van der Waals surface area (Å²) in [7, 11) is 1.67. The van der Waals surface area contributed by atoms with Crippen LogP contribution in [0.4, 0.5) is 13.2 Å². The van der Waals surface area contributed by atoms with Gasteiger partial charge in [0, 0.05) is 19.5 Å². The van der Waals surface area contributed by atoms with E-state index in [1.54, 1.807) is 29.8 Å².